The molecule has 0 saturated heterocycles. The van der Waals surface area contributed by atoms with Gasteiger partial charge in [-0.15, -0.1) is 0 Å². The Hall–Kier alpha value is -1.72. The number of alkyl halides is 3. The van der Waals surface area contributed by atoms with Crippen LogP contribution in [-0.2, 0) is 15.7 Å². The number of fused-ring (bicyclic) bond motifs is 1. The summed E-state index contributed by atoms with van der Waals surface area (Å²) in [6.07, 6.45) is -3.97. The van der Waals surface area contributed by atoms with Crippen LogP contribution >= 0.6 is 0 Å². The second-order valence-electron chi connectivity index (χ2n) is 4.32. The summed E-state index contributed by atoms with van der Waals surface area (Å²) in [6.45, 7) is 2.44. The number of rotatable bonds is 2. The van der Waals surface area contributed by atoms with Gasteiger partial charge in [-0.1, -0.05) is 0 Å². The molecule has 0 fully saturated rings. The molecule has 1 atom stereocenters. The van der Waals surface area contributed by atoms with E-state index in [1.807, 2.05) is 0 Å². The van der Waals surface area contributed by atoms with Crippen molar-refractivity contribution in [2.75, 3.05) is 18.5 Å². The van der Waals surface area contributed by atoms with E-state index in [4.69, 9.17) is 4.74 Å². The molecule has 3 nitrogen and oxygen atoms in total. The molecule has 19 heavy (non-hydrogen) atoms. The number of halogens is 3. The molecule has 1 aromatic carbocycles. The van der Waals surface area contributed by atoms with Gasteiger partial charge in [-0.3, -0.25) is 4.79 Å². The summed E-state index contributed by atoms with van der Waals surface area (Å²) < 4.78 is 43.0. The average molecular weight is 273 g/mol. The SMILES string of the molecule is CCOC(=O)C1CCNc2ccc(C(F)(F)F)cc21. The highest BCUT2D eigenvalue weighted by atomic mass is 19.4. The number of carbonyl (C=O) groups is 1. The van der Waals surface area contributed by atoms with Crippen LogP contribution in [0.3, 0.4) is 0 Å². The maximum atomic E-state index is 12.7. The van der Waals surface area contributed by atoms with Gasteiger partial charge >= 0.3 is 12.1 Å². The molecule has 0 aliphatic carbocycles. The minimum absolute atomic E-state index is 0.219. The van der Waals surface area contributed by atoms with Gasteiger partial charge in [-0.05, 0) is 37.1 Å². The summed E-state index contributed by atoms with van der Waals surface area (Å²) in [7, 11) is 0. The second-order valence-corrected chi connectivity index (χ2v) is 4.32. The molecule has 0 aromatic heterocycles. The molecule has 1 aliphatic rings. The molecule has 0 bridgehead atoms. The van der Waals surface area contributed by atoms with Crippen LogP contribution in [0.1, 0.15) is 30.4 Å². The van der Waals surface area contributed by atoms with Crippen LogP contribution in [0.4, 0.5) is 18.9 Å². The van der Waals surface area contributed by atoms with Crippen molar-refractivity contribution < 1.29 is 22.7 Å². The predicted molar refractivity (Wildman–Crippen MR) is 63.9 cm³/mol. The standard InChI is InChI=1S/C13H14F3NO2/c1-2-19-12(18)9-5-6-17-11-4-3-8(7-10(9)11)13(14,15)16/h3-4,7,9,17H,2,5-6H2,1H3. The van der Waals surface area contributed by atoms with Crippen molar-refractivity contribution in [3.05, 3.63) is 29.3 Å². The molecule has 104 valence electrons. The van der Waals surface area contributed by atoms with Crippen LogP contribution in [0.25, 0.3) is 0 Å². The number of esters is 1. The summed E-state index contributed by atoms with van der Waals surface area (Å²) in [5, 5.41) is 2.99. The summed E-state index contributed by atoms with van der Waals surface area (Å²) in [5.74, 6) is -1.09. The minimum Gasteiger partial charge on any atom is -0.466 e. The summed E-state index contributed by atoms with van der Waals surface area (Å²) >= 11 is 0. The van der Waals surface area contributed by atoms with Crippen molar-refractivity contribution in [1.82, 2.24) is 0 Å². The quantitative estimate of drug-likeness (QED) is 0.841. The molecule has 1 N–H and O–H groups in total. The lowest BCUT2D eigenvalue weighted by atomic mass is 9.89. The fourth-order valence-corrected chi connectivity index (χ4v) is 2.18. The Morgan fingerprint density at radius 1 is 1.47 bits per heavy atom. The van der Waals surface area contributed by atoms with Crippen molar-refractivity contribution in [1.29, 1.82) is 0 Å². The number of hydrogen-bond donors (Lipinski definition) is 1. The van der Waals surface area contributed by atoms with E-state index in [9.17, 15) is 18.0 Å². The number of benzene rings is 1. The Kier molecular flexibility index (Phi) is 3.68. The molecule has 0 saturated carbocycles. The number of carbonyl (C=O) groups excluding carboxylic acids is 1. The number of ether oxygens (including phenoxy) is 1. The van der Waals surface area contributed by atoms with Gasteiger partial charge in [0.25, 0.3) is 0 Å². The third-order valence-electron chi connectivity index (χ3n) is 3.07. The summed E-state index contributed by atoms with van der Waals surface area (Å²) in [6, 6.07) is 3.41. The largest absolute Gasteiger partial charge is 0.466 e. The van der Waals surface area contributed by atoms with E-state index in [0.717, 1.165) is 12.1 Å². The average Bonchev–Trinajstić information content (AvgIpc) is 2.36. The van der Waals surface area contributed by atoms with Crippen molar-refractivity contribution in [3.8, 4) is 0 Å². The molecule has 0 spiro atoms. The third kappa shape index (κ3) is 2.83. The monoisotopic (exact) mass is 273 g/mol. The maximum absolute atomic E-state index is 12.7. The van der Waals surface area contributed by atoms with Gasteiger partial charge in [0.05, 0.1) is 18.1 Å². The van der Waals surface area contributed by atoms with Crippen LogP contribution in [0.15, 0.2) is 18.2 Å². The lowest BCUT2D eigenvalue weighted by molar-refractivity contribution is -0.145. The van der Waals surface area contributed by atoms with Gasteiger partial charge in [-0.25, -0.2) is 0 Å². The zero-order chi connectivity index (χ0) is 14.0. The Bertz CT molecular complexity index is 485. The minimum atomic E-state index is -4.41. The smallest absolute Gasteiger partial charge is 0.416 e. The Morgan fingerprint density at radius 2 is 2.21 bits per heavy atom. The van der Waals surface area contributed by atoms with Crippen LogP contribution in [-0.4, -0.2) is 19.1 Å². The first-order valence-corrected chi connectivity index (χ1v) is 6.05. The van der Waals surface area contributed by atoms with Gasteiger partial charge < -0.3 is 10.1 Å². The zero-order valence-corrected chi connectivity index (χ0v) is 10.4. The number of hydrogen-bond acceptors (Lipinski definition) is 3. The fraction of sp³-hybridized carbons (Fsp3) is 0.462. The van der Waals surface area contributed by atoms with Crippen LogP contribution in [0.2, 0.25) is 0 Å². The van der Waals surface area contributed by atoms with E-state index in [0.29, 0.717) is 24.2 Å². The zero-order valence-electron chi connectivity index (χ0n) is 10.4. The first kappa shape index (κ1) is 13.7. The van der Waals surface area contributed by atoms with Crippen molar-refractivity contribution in [2.24, 2.45) is 0 Å². The second kappa shape index (κ2) is 5.11. The molecule has 1 aromatic rings. The highest BCUT2D eigenvalue weighted by Crippen LogP contribution is 2.37. The lowest BCUT2D eigenvalue weighted by Gasteiger charge is -2.26. The topological polar surface area (TPSA) is 38.3 Å². The molecule has 1 aliphatic heterocycles. The Morgan fingerprint density at radius 3 is 2.84 bits per heavy atom. The van der Waals surface area contributed by atoms with Crippen LogP contribution in [0, 0.1) is 0 Å². The molecule has 2 rings (SSSR count). The third-order valence-corrected chi connectivity index (χ3v) is 3.07. The van der Waals surface area contributed by atoms with Crippen molar-refractivity contribution in [2.45, 2.75) is 25.4 Å². The van der Waals surface area contributed by atoms with E-state index in [1.165, 1.54) is 6.07 Å². The Balaban J connectivity index is 2.38. The fourth-order valence-electron chi connectivity index (χ4n) is 2.18. The number of anilines is 1. The van der Waals surface area contributed by atoms with Crippen LogP contribution < -0.4 is 5.32 Å². The summed E-state index contributed by atoms with van der Waals surface area (Å²) in [5.41, 5.74) is 0.182. The molecule has 1 heterocycles. The van der Waals surface area contributed by atoms with Crippen LogP contribution in [0.5, 0.6) is 0 Å². The van der Waals surface area contributed by atoms with Gasteiger partial charge in [0.2, 0.25) is 0 Å². The maximum Gasteiger partial charge on any atom is 0.416 e. The van der Waals surface area contributed by atoms with Crippen molar-refractivity contribution in [3.63, 3.8) is 0 Å². The van der Waals surface area contributed by atoms with Gasteiger partial charge in [0.15, 0.2) is 0 Å². The number of nitrogens with one attached hydrogen (secondary N) is 1. The first-order valence-electron chi connectivity index (χ1n) is 6.05. The lowest BCUT2D eigenvalue weighted by Crippen LogP contribution is -2.25. The van der Waals surface area contributed by atoms with E-state index < -0.39 is 23.6 Å². The van der Waals surface area contributed by atoms with E-state index in [-0.39, 0.29) is 6.61 Å². The Labute approximate surface area is 108 Å². The van der Waals surface area contributed by atoms with E-state index in [1.54, 1.807) is 6.92 Å². The molecule has 1 unspecified atom stereocenters. The van der Waals surface area contributed by atoms with E-state index >= 15 is 0 Å². The van der Waals surface area contributed by atoms with Crippen molar-refractivity contribution >= 4 is 11.7 Å². The highest BCUT2D eigenvalue weighted by molar-refractivity contribution is 5.81. The molecule has 0 amide bonds. The predicted octanol–water partition coefficient (Wildman–Crippen LogP) is 3.17. The highest BCUT2D eigenvalue weighted by Gasteiger charge is 2.34. The normalized spacial score (nSPS) is 18.4. The summed E-state index contributed by atoms with van der Waals surface area (Å²) in [4.78, 5) is 11.8. The molecule has 6 heteroatoms. The molecule has 0 radical (unpaired) electrons. The van der Waals surface area contributed by atoms with Gasteiger partial charge in [-0.2, -0.15) is 13.2 Å². The van der Waals surface area contributed by atoms with Gasteiger partial charge in [0, 0.05) is 12.2 Å². The molecular weight excluding hydrogens is 259 g/mol. The van der Waals surface area contributed by atoms with Gasteiger partial charge in [0.1, 0.15) is 0 Å². The first-order chi connectivity index (χ1) is 8.93. The van der Waals surface area contributed by atoms with E-state index in [2.05, 4.69) is 5.32 Å². The molecular formula is C13H14F3NO2.